The van der Waals surface area contributed by atoms with E-state index < -0.39 is 11.8 Å². The predicted molar refractivity (Wildman–Crippen MR) is 65.5 cm³/mol. The van der Waals surface area contributed by atoms with Crippen LogP contribution in [0.15, 0.2) is 18.2 Å². The number of carbonyl (C=O) groups excluding carboxylic acids is 3. The minimum absolute atomic E-state index is 0.0218. The molecule has 0 aliphatic carbocycles. The number of carbonyl (C=O) groups is 3. The zero-order chi connectivity index (χ0) is 13.3. The Morgan fingerprint density at radius 1 is 1.33 bits per heavy atom. The maximum Gasteiger partial charge on any atom is 0.259 e. The zero-order valence-corrected chi connectivity index (χ0v) is 10.2. The third kappa shape index (κ3) is 1.99. The van der Waals surface area contributed by atoms with Crippen molar-refractivity contribution in [2.24, 2.45) is 0 Å². The van der Waals surface area contributed by atoms with Gasteiger partial charge in [0.1, 0.15) is 0 Å². The van der Waals surface area contributed by atoms with Gasteiger partial charge in [0, 0.05) is 6.04 Å². The van der Waals surface area contributed by atoms with Crippen molar-refractivity contribution in [1.82, 2.24) is 10.6 Å². The lowest BCUT2D eigenvalue weighted by molar-refractivity contribution is 0.0869. The first kappa shape index (κ1) is 12.3. The van der Waals surface area contributed by atoms with Gasteiger partial charge in [-0.15, -0.1) is 0 Å². The Morgan fingerprint density at radius 3 is 2.72 bits per heavy atom. The largest absolute Gasteiger partial charge is 0.350 e. The second kappa shape index (κ2) is 4.60. The van der Waals surface area contributed by atoms with Crippen molar-refractivity contribution < 1.29 is 14.4 Å². The van der Waals surface area contributed by atoms with E-state index in [1.54, 1.807) is 12.1 Å². The van der Waals surface area contributed by atoms with Crippen molar-refractivity contribution in [2.45, 2.75) is 26.3 Å². The fourth-order valence-corrected chi connectivity index (χ4v) is 1.81. The molecule has 2 N–H and O–H groups in total. The van der Waals surface area contributed by atoms with Crippen molar-refractivity contribution in [3.63, 3.8) is 0 Å². The molecular weight excluding hydrogens is 232 g/mol. The average molecular weight is 246 g/mol. The predicted octanol–water partition coefficient (Wildman–Crippen LogP) is 1.10. The lowest BCUT2D eigenvalue weighted by Crippen LogP contribution is -2.33. The van der Waals surface area contributed by atoms with Crippen LogP contribution in [0.3, 0.4) is 0 Å². The molecule has 0 aromatic heterocycles. The van der Waals surface area contributed by atoms with Crippen LogP contribution in [-0.2, 0) is 0 Å². The first-order chi connectivity index (χ1) is 8.54. The molecule has 0 radical (unpaired) electrons. The molecule has 1 aliphatic heterocycles. The SMILES string of the molecule is CCC(C)NC(=O)c1cccc2c1C(=O)NC2=O. The van der Waals surface area contributed by atoms with Crippen molar-refractivity contribution in [3.05, 3.63) is 34.9 Å². The second-order valence-corrected chi connectivity index (χ2v) is 4.29. The quantitative estimate of drug-likeness (QED) is 0.784. The lowest BCUT2D eigenvalue weighted by atomic mass is 10.0. The highest BCUT2D eigenvalue weighted by Gasteiger charge is 2.31. The van der Waals surface area contributed by atoms with Crippen LogP contribution < -0.4 is 10.6 Å². The van der Waals surface area contributed by atoms with Crippen LogP contribution in [0.1, 0.15) is 51.3 Å². The summed E-state index contributed by atoms with van der Waals surface area (Å²) in [5, 5.41) is 4.97. The summed E-state index contributed by atoms with van der Waals surface area (Å²) in [7, 11) is 0. The van der Waals surface area contributed by atoms with Gasteiger partial charge in [0.05, 0.1) is 16.7 Å². The summed E-state index contributed by atoms with van der Waals surface area (Å²) in [6.07, 6.45) is 0.798. The molecule has 5 heteroatoms. The molecule has 2 rings (SSSR count). The van der Waals surface area contributed by atoms with E-state index in [4.69, 9.17) is 0 Å². The molecule has 0 saturated heterocycles. The van der Waals surface area contributed by atoms with Crippen LogP contribution in [0, 0.1) is 0 Å². The van der Waals surface area contributed by atoms with Gasteiger partial charge in [-0.25, -0.2) is 0 Å². The van der Waals surface area contributed by atoms with Crippen LogP contribution in [-0.4, -0.2) is 23.8 Å². The van der Waals surface area contributed by atoms with Crippen LogP contribution in [0.4, 0.5) is 0 Å². The molecule has 0 bridgehead atoms. The Hall–Kier alpha value is -2.17. The third-order valence-corrected chi connectivity index (χ3v) is 3.00. The number of amides is 3. The van der Waals surface area contributed by atoms with Gasteiger partial charge in [-0.1, -0.05) is 13.0 Å². The van der Waals surface area contributed by atoms with Crippen molar-refractivity contribution >= 4 is 17.7 Å². The summed E-state index contributed by atoms with van der Waals surface area (Å²) in [5.41, 5.74) is 0.677. The highest BCUT2D eigenvalue weighted by atomic mass is 16.2. The van der Waals surface area contributed by atoms with Gasteiger partial charge in [0.15, 0.2) is 0 Å². The normalized spacial score (nSPS) is 15.0. The van der Waals surface area contributed by atoms with Gasteiger partial charge in [-0.3, -0.25) is 19.7 Å². The van der Waals surface area contributed by atoms with Crippen LogP contribution in [0.5, 0.6) is 0 Å². The average Bonchev–Trinajstić information content (AvgIpc) is 2.65. The monoisotopic (exact) mass is 246 g/mol. The Labute approximate surface area is 105 Å². The number of hydrogen-bond donors (Lipinski definition) is 2. The molecule has 3 amide bonds. The van der Waals surface area contributed by atoms with Crippen LogP contribution >= 0.6 is 0 Å². The highest BCUT2D eigenvalue weighted by Crippen LogP contribution is 2.20. The van der Waals surface area contributed by atoms with Gasteiger partial charge < -0.3 is 5.32 Å². The van der Waals surface area contributed by atoms with E-state index >= 15 is 0 Å². The fourth-order valence-electron chi connectivity index (χ4n) is 1.81. The van der Waals surface area contributed by atoms with E-state index in [0.717, 1.165) is 6.42 Å². The van der Waals surface area contributed by atoms with Gasteiger partial charge in [-0.2, -0.15) is 0 Å². The van der Waals surface area contributed by atoms with E-state index in [1.165, 1.54) is 6.07 Å². The topological polar surface area (TPSA) is 75.3 Å². The number of rotatable bonds is 3. The van der Waals surface area contributed by atoms with Gasteiger partial charge in [0.25, 0.3) is 17.7 Å². The number of fused-ring (bicyclic) bond motifs is 1. The van der Waals surface area contributed by atoms with Gasteiger partial charge in [-0.05, 0) is 25.5 Å². The van der Waals surface area contributed by atoms with E-state index in [1.807, 2.05) is 13.8 Å². The summed E-state index contributed by atoms with van der Waals surface area (Å²) >= 11 is 0. The Morgan fingerprint density at radius 2 is 2.06 bits per heavy atom. The molecule has 94 valence electrons. The molecule has 0 saturated carbocycles. The van der Waals surface area contributed by atoms with Crippen molar-refractivity contribution in [2.75, 3.05) is 0 Å². The van der Waals surface area contributed by atoms with Gasteiger partial charge >= 0.3 is 0 Å². The van der Waals surface area contributed by atoms with E-state index in [0.29, 0.717) is 0 Å². The van der Waals surface area contributed by atoms with E-state index in [-0.39, 0.29) is 28.6 Å². The fraction of sp³-hybridized carbons (Fsp3) is 0.308. The molecule has 0 spiro atoms. The smallest absolute Gasteiger partial charge is 0.259 e. The minimum atomic E-state index is -0.509. The number of nitrogens with one attached hydrogen (secondary N) is 2. The number of imide groups is 1. The van der Waals surface area contributed by atoms with Crippen molar-refractivity contribution in [1.29, 1.82) is 0 Å². The molecular formula is C13H14N2O3. The molecule has 18 heavy (non-hydrogen) atoms. The summed E-state index contributed by atoms with van der Waals surface area (Å²) in [5.74, 6) is -1.29. The third-order valence-electron chi connectivity index (χ3n) is 3.00. The number of benzene rings is 1. The lowest BCUT2D eigenvalue weighted by Gasteiger charge is -2.12. The molecule has 0 fully saturated rings. The van der Waals surface area contributed by atoms with Crippen LogP contribution in [0.2, 0.25) is 0 Å². The maximum absolute atomic E-state index is 12.0. The molecule has 1 aliphatic rings. The van der Waals surface area contributed by atoms with E-state index in [2.05, 4.69) is 10.6 Å². The van der Waals surface area contributed by atoms with Gasteiger partial charge in [0.2, 0.25) is 0 Å². The minimum Gasteiger partial charge on any atom is -0.350 e. The molecule has 1 unspecified atom stereocenters. The summed E-state index contributed by atoms with van der Waals surface area (Å²) in [6, 6.07) is 4.71. The molecule has 1 atom stereocenters. The summed E-state index contributed by atoms with van der Waals surface area (Å²) < 4.78 is 0. The zero-order valence-electron chi connectivity index (χ0n) is 10.2. The van der Waals surface area contributed by atoms with E-state index in [9.17, 15) is 14.4 Å². The molecule has 1 aromatic carbocycles. The van der Waals surface area contributed by atoms with Crippen molar-refractivity contribution in [3.8, 4) is 0 Å². The summed E-state index contributed by atoms with van der Waals surface area (Å²) in [6.45, 7) is 3.84. The molecule has 5 nitrogen and oxygen atoms in total. The Balaban J connectivity index is 2.39. The second-order valence-electron chi connectivity index (χ2n) is 4.29. The molecule has 1 heterocycles. The summed E-state index contributed by atoms with van der Waals surface area (Å²) in [4.78, 5) is 35.1. The van der Waals surface area contributed by atoms with Crippen LogP contribution in [0.25, 0.3) is 0 Å². The highest BCUT2D eigenvalue weighted by molar-refractivity contribution is 6.25. The molecule has 1 aromatic rings. The maximum atomic E-state index is 12.0. The first-order valence-electron chi connectivity index (χ1n) is 5.84. The number of hydrogen-bond acceptors (Lipinski definition) is 3. The Kier molecular flexibility index (Phi) is 3.14. The first-order valence-corrected chi connectivity index (χ1v) is 5.84. The standard InChI is InChI=1S/C13H14N2O3/c1-3-7(2)14-11(16)8-5-4-6-9-10(8)13(18)15-12(9)17/h4-7H,3H2,1-2H3,(H,14,16)(H,15,17,18). The Bertz CT molecular complexity index is 537.